The molecule has 100 valence electrons. The van der Waals surface area contributed by atoms with E-state index < -0.39 is 0 Å². The van der Waals surface area contributed by atoms with Gasteiger partial charge in [-0.3, -0.25) is 0 Å². The number of benzene rings is 2. The van der Waals surface area contributed by atoms with Gasteiger partial charge in [0.1, 0.15) is 0 Å². The Balaban J connectivity index is 2.29. The van der Waals surface area contributed by atoms with Crippen molar-refractivity contribution in [2.75, 3.05) is 0 Å². The minimum absolute atomic E-state index is 0.0956. The molecule has 3 atom stereocenters. The first-order valence-corrected chi connectivity index (χ1v) is 9.01. The van der Waals surface area contributed by atoms with Crippen LogP contribution in [0.25, 0.3) is 0 Å². The van der Waals surface area contributed by atoms with Crippen LogP contribution in [0.2, 0.25) is 0 Å². The molecule has 0 saturated heterocycles. The van der Waals surface area contributed by atoms with E-state index in [4.69, 9.17) is 0 Å². The van der Waals surface area contributed by atoms with E-state index in [9.17, 15) is 0 Å². The molecular weight excluding hydrogens is 306 g/mol. The minimum atomic E-state index is 0.0956. The van der Waals surface area contributed by atoms with Gasteiger partial charge in [0.15, 0.2) is 0 Å². The molecule has 4 heteroatoms. The van der Waals surface area contributed by atoms with E-state index in [2.05, 4.69) is 95.2 Å². The van der Waals surface area contributed by atoms with E-state index in [1.54, 1.807) is 0 Å². The van der Waals surface area contributed by atoms with E-state index >= 15 is 0 Å². The van der Waals surface area contributed by atoms with E-state index in [1.165, 1.54) is 11.1 Å². The maximum atomic E-state index is 4.44. The lowest BCUT2D eigenvalue weighted by Gasteiger charge is -2.23. The number of hydrogen-bond donors (Lipinski definition) is 2. The second-order valence-electron chi connectivity index (χ2n) is 4.36. The Morgan fingerprint density at radius 1 is 0.789 bits per heavy atom. The quantitative estimate of drug-likeness (QED) is 0.439. The average Bonchev–Trinajstić information content (AvgIpc) is 2.46. The molecule has 0 N–H and O–H groups in total. The van der Waals surface area contributed by atoms with E-state index in [0.717, 1.165) is 8.58 Å². The van der Waals surface area contributed by atoms with Gasteiger partial charge in [-0.1, -0.05) is 60.7 Å². The highest BCUT2D eigenvalue weighted by Gasteiger charge is 2.19. The highest BCUT2D eigenvalue weighted by molar-refractivity contribution is 8.00. The molecule has 0 bridgehead atoms. The smallest absolute Gasteiger partial charge is 0.0541 e. The molecule has 0 aliphatic rings. The molecule has 3 unspecified atom stereocenters. The van der Waals surface area contributed by atoms with Crippen molar-refractivity contribution in [1.29, 1.82) is 0 Å². The van der Waals surface area contributed by atoms with Crippen LogP contribution in [-0.4, -0.2) is 9.98 Å². The highest BCUT2D eigenvalue weighted by Crippen LogP contribution is 2.47. The van der Waals surface area contributed by atoms with Crippen LogP contribution < -0.4 is 0 Å². The van der Waals surface area contributed by atoms with Gasteiger partial charge in [-0.05, 0) is 11.1 Å². The van der Waals surface area contributed by atoms with Gasteiger partial charge in [0.2, 0.25) is 0 Å². The van der Waals surface area contributed by atoms with Crippen LogP contribution >= 0.6 is 43.1 Å². The summed E-state index contributed by atoms with van der Waals surface area (Å²) in [4.78, 5) is 0. The van der Waals surface area contributed by atoms with Gasteiger partial charge in [0.25, 0.3) is 0 Å². The Hall–Kier alpha value is -0.000000000000000111. The molecule has 0 aliphatic carbocycles. The van der Waals surface area contributed by atoms with Crippen molar-refractivity contribution in [1.82, 2.24) is 0 Å². The van der Waals surface area contributed by atoms with Crippen LogP contribution in [0.1, 0.15) is 16.8 Å². The first kappa shape index (κ1) is 15.4. The zero-order valence-corrected chi connectivity index (χ0v) is 14.4. The van der Waals surface area contributed by atoms with Gasteiger partial charge in [-0.2, -0.15) is 25.3 Å². The summed E-state index contributed by atoms with van der Waals surface area (Å²) in [7, 11) is 3.62. The van der Waals surface area contributed by atoms with Gasteiger partial charge < -0.3 is 0 Å². The van der Waals surface area contributed by atoms with E-state index in [-0.39, 0.29) is 4.58 Å². The molecule has 0 nitrogen and oxygen atoms in total. The third-order valence-electron chi connectivity index (χ3n) is 2.95. The molecule has 2 aromatic rings. The molecule has 0 heterocycles. The number of thiol groups is 2. The lowest BCUT2D eigenvalue weighted by atomic mass is 10.0. The van der Waals surface area contributed by atoms with Gasteiger partial charge in [-0.15, -0.1) is 17.8 Å². The van der Waals surface area contributed by atoms with Crippen LogP contribution in [0, 0.1) is 0 Å². The standard InChI is InChI=1S/C15H18P2S2/c16-14(15(18)19)17-13(11-7-3-1-4-8-11)12-9-5-2-6-10-12/h1-10,13-15,17-19H,16H2. The van der Waals surface area contributed by atoms with Crippen molar-refractivity contribution in [2.45, 2.75) is 15.6 Å². The first-order valence-electron chi connectivity index (χ1n) is 6.16. The predicted molar refractivity (Wildman–Crippen MR) is 98.3 cm³/mol. The van der Waals surface area contributed by atoms with Crippen molar-refractivity contribution in [3.63, 3.8) is 0 Å². The largest absolute Gasteiger partial charge is 0.164 e. The molecule has 0 spiro atoms. The van der Waals surface area contributed by atoms with Gasteiger partial charge in [-0.25, -0.2) is 0 Å². The lowest BCUT2D eigenvalue weighted by Crippen LogP contribution is -2.05. The van der Waals surface area contributed by atoms with Crippen molar-refractivity contribution in [3.05, 3.63) is 71.8 Å². The van der Waals surface area contributed by atoms with E-state index in [0.29, 0.717) is 11.1 Å². The molecule has 0 radical (unpaired) electrons. The predicted octanol–water partition coefficient (Wildman–Crippen LogP) is 4.84. The van der Waals surface area contributed by atoms with Crippen molar-refractivity contribution >= 4 is 43.1 Å². The summed E-state index contributed by atoms with van der Waals surface area (Å²) in [6, 6.07) is 21.3. The molecule has 19 heavy (non-hydrogen) atoms. The molecule has 0 amide bonds. The average molecular weight is 324 g/mol. The SMILES string of the molecule is PC(PC(c1ccccc1)c1ccccc1)C(S)S. The van der Waals surface area contributed by atoms with Crippen LogP contribution in [0.5, 0.6) is 0 Å². The number of hydrogen-bond acceptors (Lipinski definition) is 2. The Kier molecular flexibility index (Phi) is 6.23. The summed E-state index contributed by atoms with van der Waals surface area (Å²) in [6.45, 7) is 0. The Labute approximate surface area is 130 Å². The minimum Gasteiger partial charge on any atom is -0.164 e. The molecule has 2 rings (SSSR count). The second kappa shape index (κ2) is 7.70. The summed E-state index contributed by atoms with van der Waals surface area (Å²) in [6.07, 6.45) is 0. The van der Waals surface area contributed by atoms with Crippen LogP contribution in [0.3, 0.4) is 0 Å². The summed E-state index contributed by atoms with van der Waals surface area (Å²) in [5, 5.41) is 0.400. The van der Waals surface area contributed by atoms with Crippen LogP contribution in [0.4, 0.5) is 0 Å². The fraction of sp³-hybridized carbons (Fsp3) is 0.200. The van der Waals surface area contributed by atoms with Gasteiger partial charge >= 0.3 is 0 Å². The van der Waals surface area contributed by atoms with Crippen LogP contribution in [0.15, 0.2) is 60.7 Å². The van der Waals surface area contributed by atoms with Crippen molar-refractivity contribution < 1.29 is 0 Å². The summed E-state index contributed by atoms with van der Waals surface area (Å²) in [5.74, 6) is 0. The third kappa shape index (κ3) is 4.50. The third-order valence-corrected chi connectivity index (χ3v) is 7.48. The van der Waals surface area contributed by atoms with Gasteiger partial charge in [0.05, 0.1) is 4.58 Å². The molecule has 0 aromatic heterocycles. The Morgan fingerprint density at radius 3 is 1.58 bits per heavy atom. The fourth-order valence-corrected chi connectivity index (χ4v) is 4.37. The lowest BCUT2D eigenvalue weighted by molar-refractivity contribution is 1.13. The Morgan fingerprint density at radius 2 is 1.21 bits per heavy atom. The fourth-order valence-electron chi connectivity index (χ4n) is 1.95. The first-order chi connectivity index (χ1) is 9.18. The molecule has 2 aromatic carbocycles. The zero-order chi connectivity index (χ0) is 13.7. The number of rotatable bonds is 5. The molecule has 0 saturated carbocycles. The van der Waals surface area contributed by atoms with Crippen molar-refractivity contribution in [3.8, 4) is 0 Å². The summed E-state index contributed by atoms with van der Waals surface area (Å²) >= 11 is 8.89. The Bertz CT molecular complexity index is 449. The monoisotopic (exact) mass is 324 g/mol. The molecule has 0 fully saturated rings. The summed E-state index contributed by atoms with van der Waals surface area (Å²) in [5.41, 5.74) is 3.15. The van der Waals surface area contributed by atoms with Crippen molar-refractivity contribution in [2.24, 2.45) is 0 Å². The molecule has 0 aliphatic heterocycles. The highest BCUT2D eigenvalue weighted by atomic mass is 32.2. The summed E-state index contributed by atoms with van der Waals surface area (Å²) < 4.78 is 0.0956. The zero-order valence-electron chi connectivity index (χ0n) is 10.5. The normalized spacial score (nSPS) is 13.5. The topological polar surface area (TPSA) is 0 Å². The van der Waals surface area contributed by atoms with Gasteiger partial charge in [0, 0.05) is 11.1 Å². The van der Waals surface area contributed by atoms with Crippen LogP contribution in [-0.2, 0) is 0 Å². The second-order valence-corrected chi connectivity index (χ2v) is 8.84. The molecular formula is C15H18P2S2. The maximum Gasteiger partial charge on any atom is 0.0541 e. The van der Waals surface area contributed by atoms with E-state index in [1.807, 2.05) is 0 Å². The maximum absolute atomic E-state index is 4.44.